The summed E-state index contributed by atoms with van der Waals surface area (Å²) < 4.78 is 5.54. The molecule has 0 fully saturated rings. The highest BCUT2D eigenvalue weighted by Crippen LogP contribution is 2.17. The zero-order chi connectivity index (χ0) is 11.3. The Morgan fingerprint density at radius 1 is 1.40 bits per heavy atom. The first-order valence-corrected chi connectivity index (χ1v) is 5.49. The summed E-state index contributed by atoms with van der Waals surface area (Å²) in [5.41, 5.74) is 1.21. The second-order valence-electron chi connectivity index (χ2n) is 3.87. The minimum atomic E-state index is 0.169. The van der Waals surface area contributed by atoms with Crippen molar-refractivity contribution in [2.75, 3.05) is 6.54 Å². The molecular weight excluding hydrogens is 188 g/mol. The summed E-state index contributed by atoms with van der Waals surface area (Å²) >= 11 is 0. The predicted octanol–water partition coefficient (Wildman–Crippen LogP) is 2.54. The zero-order valence-electron chi connectivity index (χ0n) is 9.95. The van der Waals surface area contributed by atoms with Crippen LogP contribution in [-0.4, -0.2) is 17.6 Å². The first-order chi connectivity index (χ1) is 7.13. The maximum atomic E-state index is 5.54. The Labute approximate surface area is 91.9 Å². The quantitative estimate of drug-likeness (QED) is 0.807. The Hall–Kier alpha value is -1.09. The first-order valence-electron chi connectivity index (χ1n) is 5.49. The van der Waals surface area contributed by atoms with Crippen LogP contribution in [0.5, 0.6) is 5.88 Å². The van der Waals surface area contributed by atoms with Gasteiger partial charge in [-0.05, 0) is 38.9 Å². The van der Waals surface area contributed by atoms with Crippen molar-refractivity contribution >= 4 is 0 Å². The third-order valence-corrected chi connectivity index (χ3v) is 2.13. The van der Waals surface area contributed by atoms with Gasteiger partial charge in [0.05, 0.1) is 6.10 Å². The number of hydrogen-bond donors (Lipinski definition) is 1. The second kappa shape index (κ2) is 5.71. The van der Waals surface area contributed by atoms with E-state index < -0.39 is 0 Å². The van der Waals surface area contributed by atoms with Crippen molar-refractivity contribution in [3.63, 3.8) is 0 Å². The van der Waals surface area contributed by atoms with Crippen LogP contribution in [0.25, 0.3) is 0 Å². The predicted molar refractivity (Wildman–Crippen MR) is 62.1 cm³/mol. The minimum absolute atomic E-state index is 0.169. The molecule has 1 aromatic rings. The lowest BCUT2D eigenvalue weighted by Gasteiger charge is -2.14. The minimum Gasteiger partial charge on any atom is -0.475 e. The number of pyridine rings is 1. The van der Waals surface area contributed by atoms with Crippen LogP contribution in [0.1, 0.15) is 39.3 Å². The highest BCUT2D eigenvalue weighted by Gasteiger charge is 2.06. The van der Waals surface area contributed by atoms with Gasteiger partial charge in [-0.25, -0.2) is 4.98 Å². The molecular formula is C12H20N2O. The fourth-order valence-electron chi connectivity index (χ4n) is 1.42. The number of nitrogens with zero attached hydrogens (tertiary/aromatic N) is 1. The summed E-state index contributed by atoms with van der Waals surface area (Å²) in [6.45, 7) is 9.20. The number of aromatic nitrogens is 1. The summed E-state index contributed by atoms with van der Waals surface area (Å²) in [5, 5.41) is 3.36. The lowest BCUT2D eigenvalue weighted by atomic mass is 10.1. The molecule has 3 heteroatoms. The maximum absolute atomic E-state index is 5.54. The van der Waals surface area contributed by atoms with Crippen molar-refractivity contribution in [1.82, 2.24) is 10.3 Å². The van der Waals surface area contributed by atoms with Gasteiger partial charge in [0.25, 0.3) is 0 Å². The van der Waals surface area contributed by atoms with Crippen LogP contribution in [0.2, 0.25) is 0 Å². The van der Waals surface area contributed by atoms with E-state index in [0.29, 0.717) is 11.9 Å². The number of nitrogens with one attached hydrogen (secondary N) is 1. The molecule has 0 radical (unpaired) electrons. The van der Waals surface area contributed by atoms with E-state index >= 15 is 0 Å². The molecule has 84 valence electrons. The molecule has 0 amide bonds. The SMILES string of the molecule is CCNC(C)c1ccnc(OC(C)C)c1. The van der Waals surface area contributed by atoms with Gasteiger partial charge in [0, 0.05) is 18.3 Å². The first kappa shape index (κ1) is 12.0. The summed E-state index contributed by atoms with van der Waals surface area (Å²) in [7, 11) is 0. The van der Waals surface area contributed by atoms with Crippen LogP contribution in [0.15, 0.2) is 18.3 Å². The van der Waals surface area contributed by atoms with Crippen molar-refractivity contribution in [3.8, 4) is 5.88 Å². The molecule has 0 spiro atoms. The lowest BCUT2D eigenvalue weighted by molar-refractivity contribution is 0.232. The van der Waals surface area contributed by atoms with E-state index in [1.165, 1.54) is 5.56 Å². The molecule has 3 nitrogen and oxygen atoms in total. The summed E-state index contributed by atoms with van der Waals surface area (Å²) in [6, 6.07) is 4.35. The van der Waals surface area contributed by atoms with Crippen molar-refractivity contribution in [3.05, 3.63) is 23.9 Å². The Morgan fingerprint density at radius 3 is 2.73 bits per heavy atom. The third-order valence-electron chi connectivity index (χ3n) is 2.13. The Bertz CT molecular complexity index is 299. The molecule has 1 rings (SSSR count). The van der Waals surface area contributed by atoms with Gasteiger partial charge in [0.2, 0.25) is 5.88 Å². The van der Waals surface area contributed by atoms with E-state index in [1.807, 2.05) is 26.0 Å². The van der Waals surface area contributed by atoms with Crippen LogP contribution >= 0.6 is 0 Å². The Kier molecular flexibility index (Phi) is 4.56. The van der Waals surface area contributed by atoms with Crippen molar-refractivity contribution in [2.24, 2.45) is 0 Å². The molecule has 1 N–H and O–H groups in total. The highest BCUT2D eigenvalue weighted by atomic mass is 16.5. The molecule has 1 heterocycles. The number of ether oxygens (including phenoxy) is 1. The molecule has 0 saturated heterocycles. The highest BCUT2D eigenvalue weighted by molar-refractivity contribution is 5.23. The van der Waals surface area contributed by atoms with Crippen molar-refractivity contribution in [2.45, 2.75) is 39.8 Å². The largest absolute Gasteiger partial charge is 0.475 e. The average Bonchev–Trinajstić information content (AvgIpc) is 2.17. The Morgan fingerprint density at radius 2 is 2.13 bits per heavy atom. The molecule has 0 aliphatic heterocycles. The lowest BCUT2D eigenvalue weighted by Crippen LogP contribution is -2.18. The molecule has 0 aliphatic carbocycles. The van der Waals surface area contributed by atoms with Gasteiger partial charge in [-0.1, -0.05) is 6.92 Å². The van der Waals surface area contributed by atoms with E-state index in [9.17, 15) is 0 Å². The van der Waals surface area contributed by atoms with Crippen LogP contribution in [0.3, 0.4) is 0 Å². The Balaban J connectivity index is 2.73. The molecule has 0 aromatic carbocycles. The number of hydrogen-bond acceptors (Lipinski definition) is 3. The fourth-order valence-corrected chi connectivity index (χ4v) is 1.42. The van der Waals surface area contributed by atoms with Gasteiger partial charge in [0.15, 0.2) is 0 Å². The van der Waals surface area contributed by atoms with Gasteiger partial charge >= 0.3 is 0 Å². The standard InChI is InChI=1S/C12H20N2O/c1-5-13-10(4)11-6-7-14-12(8-11)15-9(2)3/h6-10,13H,5H2,1-4H3. The molecule has 1 aromatic heterocycles. The second-order valence-corrected chi connectivity index (χ2v) is 3.87. The summed E-state index contributed by atoms with van der Waals surface area (Å²) in [4.78, 5) is 4.17. The molecule has 1 atom stereocenters. The topological polar surface area (TPSA) is 34.2 Å². The van der Waals surface area contributed by atoms with Gasteiger partial charge in [-0.15, -0.1) is 0 Å². The van der Waals surface area contributed by atoms with Crippen LogP contribution in [-0.2, 0) is 0 Å². The van der Waals surface area contributed by atoms with Crippen LogP contribution in [0.4, 0.5) is 0 Å². The van der Waals surface area contributed by atoms with Gasteiger partial charge in [0.1, 0.15) is 0 Å². The maximum Gasteiger partial charge on any atom is 0.213 e. The van der Waals surface area contributed by atoms with Gasteiger partial charge in [-0.2, -0.15) is 0 Å². The average molecular weight is 208 g/mol. The third kappa shape index (κ3) is 3.88. The zero-order valence-corrected chi connectivity index (χ0v) is 9.95. The summed E-state index contributed by atoms with van der Waals surface area (Å²) in [6.07, 6.45) is 1.96. The summed E-state index contributed by atoms with van der Waals surface area (Å²) in [5.74, 6) is 0.701. The molecule has 0 saturated carbocycles. The van der Waals surface area contributed by atoms with Crippen LogP contribution in [0, 0.1) is 0 Å². The smallest absolute Gasteiger partial charge is 0.213 e. The fraction of sp³-hybridized carbons (Fsp3) is 0.583. The van der Waals surface area contributed by atoms with Crippen molar-refractivity contribution in [1.29, 1.82) is 0 Å². The van der Waals surface area contributed by atoms with Gasteiger partial charge in [-0.3, -0.25) is 0 Å². The van der Waals surface area contributed by atoms with E-state index in [-0.39, 0.29) is 6.10 Å². The molecule has 0 bridgehead atoms. The van der Waals surface area contributed by atoms with E-state index in [0.717, 1.165) is 6.54 Å². The van der Waals surface area contributed by atoms with Crippen molar-refractivity contribution < 1.29 is 4.74 Å². The van der Waals surface area contributed by atoms with E-state index in [1.54, 1.807) is 6.20 Å². The normalized spacial score (nSPS) is 12.9. The van der Waals surface area contributed by atoms with Crippen LogP contribution < -0.4 is 10.1 Å². The molecule has 0 aliphatic rings. The van der Waals surface area contributed by atoms with E-state index in [4.69, 9.17) is 4.74 Å². The number of rotatable bonds is 5. The molecule has 15 heavy (non-hydrogen) atoms. The van der Waals surface area contributed by atoms with E-state index in [2.05, 4.69) is 24.1 Å². The molecule has 1 unspecified atom stereocenters. The van der Waals surface area contributed by atoms with Gasteiger partial charge < -0.3 is 10.1 Å². The monoisotopic (exact) mass is 208 g/mol.